The lowest BCUT2D eigenvalue weighted by Gasteiger charge is -2.17. The molecule has 1 saturated carbocycles. The first-order chi connectivity index (χ1) is 8.63. The summed E-state index contributed by atoms with van der Waals surface area (Å²) in [5.74, 6) is 0.707. The van der Waals surface area contributed by atoms with Gasteiger partial charge in [0.1, 0.15) is 6.54 Å². The number of nitrogens with one attached hydrogen (secondary N) is 2. The average molecular weight is 252 g/mol. The molecule has 0 atom stereocenters. The lowest BCUT2D eigenvalue weighted by atomic mass is 10.2. The summed E-state index contributed by atoms with van der Waals surface area (Å²) in [5, 5.41) is 6.51. The number of rotatable bonds is 5. The molecule has 0 aliphatic heterocycles. The van der Waals surface area contributed by atoms with E-state index in [1.165, 1.54) is 25.7 Å². The molecule has 0 aromatic heterocycles. The SMILES string of the molecule is C=CCNC(=NCC(=O)N(C)C)NC1CCCC1. The number of hydrogen-bond donors (Lipinski definition) is 2. The minimum atomic E-state index is 0.00104. The molecule has 1 aliphatic rings. The number of guanidine groups is 1. The van der Waals surface area contributed by atoms with E-state index in [1.54, 1.807) is 25.1 Å². The Bertz CT molecular complexity index is 306. The molecule has 1 amide bonds. The van der Waals surface area contributed by atoms with E-state index in [-0.39, 0.29) is 12.5 Å². The van der Waals surface area contributed by atoms with Crippen LogP contribution >= 0.6 is 0 Å². The number of nitrogens with zero attached hydrogens (tertiary/aromatic N) is 2. The van der Waals surface area contributed by atoms with Crippen molar-refractivity contribution < 1.29 is 4.79 Å². The van der Waals surface area contributed by atoms with Crippen LogP contribution in [0.2, 0.25) is 0 Å². The molecule has 5 nitrogen and oxygen atoms in total. The van der Waals surface area contributed by atoms with E-state index in [0.29, 0.717) is 18.5 Å². The molecule has 0 aromatic carbocycles. The second-order valence-corrected chi connectivity index (χ2v) is 4.75. The van der Waals surface area contributed by atoms with Gasteiger partial charge < -0.3 is 15.5 Å². The molecule has 5 heteroatoms. The maximum atomic E-state index is 11.5. The van der Waals surface area contributed by atoms with Gasteiger partial charge in [0, 0.05) is 26.7 Å². The quantitative estimate of drug-likeness (QED) is 0.431. The molecule has 0 spiro atoms. The van der Waals surface area contributed by atoms with Gasteiger partial charge in [-0.3, -0.25) is 4.79 Å². The minimum Gasteiger partial charge on any atom is -0.354 e. The summed E-state index contributed by atoms with van der Waals surface area (Å²) < 4.78 is 0. The van der Waals surface area contributed by atoms with E-state index in [1.807, 2.05) is 0 Å². The summed E-state index contributed by atoms with van der Waals surface area (Å²) in [6.45, 7) is 4.49. The first-order valence-electron chi connectivity index (χ1n) is 6.49. The van der Waals surface area contributed by atoms with Gasteiger partial charge in [-0.2, -0.15) is 0 Å². The predicted octanol–water partition coefficient (Wildman–Crippen LogP) is 0.738. The van der Waals surface area contributed by atoms with Crippen molar-refractivity contribution in [2.45, 2.75) is 31.7 Å². The summed E-state index contributed by atoms with van der Waals surface area (Å²) in [7, 11) is 3.47. The number of carbonyl (C=O) groups is 1. The number of aliphatic imine (C=N–C) groups is 1. The molecule has 0 bridgehead atoms. The zero-order chi connectivity index (χ0) is 13.4. The van der Waals surface area contributed by atoms with Crippen molar-refractivity contribution in [3.63, 3.8) is 0 Å². The van der Waals surface area contributed by atoms with E-state index in [2.05, 4.69) is 22.2 Å². The fourth-order valence-electron chi connectivity index (χ4n) is 1.87. The van der Waals surface area contributed by atoms with Crippen LogP contribution in [0, 0.1) is 0 Å². The number of amides is 1. The van der Waals surface area contributed by atoms with Crippen LogP contribution in [-0.2, 0) is 4.79 Å². The Balaban J connectivity index is 2.49. The molecule has 0 aromatic rings. The Labute approximate surface area is 109 Å². The van der Waals surface area contributed by atoms with Gasteiger partial charge in [-0.1, -0.05) is 18.9 Å². The van der Waals surface area contributed by atoms with E-state index in [9.17, 15) is 4.79 Å². The van der Waals surface area contributed by atoms with Crippen molar-refractivity contribution in [3.05, 3.63) is 12.7 Å². The Hall–Kier alpha value is -1.52. The number of hydrogen-bond acceptors (Lipinski definition) is 2. The fraction of sp³-hybridized carbons (Fsp3) is 0.692. The number of carbonyl (C=O) groups excluding carboxylic acids is 1. The highest BCUT2D eigenvalue weighted by molar-refractivity contribution is 5.85. The highest BCUT2D eigenvalue weighted by Gasteiger charge is 2.16. The van der Waals surface area contributed by atoms with Gasteiger partial charge in [0.2, 0.25) is 5.91 Å². The van der Waals surface area contributed by atoms with Crippen LogP contribution in [0.1, 0.15) is 25.7 Å². The molecule has 0 saturated heterocycles. The Kier molecular flexibility index (Phi) is 6.25. The average Bonchev–Trinajstić information content (AvgIpc) is 2.84. The van der Waals surface area contributed by atoms with Crippen molar-refractivity contribution >= 4 is 11.9 Å². The smallest absolute Gasteiger partial charge is 0.243 e. The van der Waals surface area contributed by atoms with Crippen molar-refractivity contribution in [2.24, 2.45) is 4.99 Å². The van der Waals surface area contributed by atoms with Crippen molar-refractivity contribution in [3.8, 4) is 0 Å². The van der Waals surface area contributed by atoms with Crippen molar-refractivity contribution in [1.82, 2.24) is 15.5 Å². The first-order valence-corrected chi connectivity index (χ1v) is 6.49. The van der Waals surface area contributed by atoms with Crippen molar-refractivity contribution in [1.29, 1.82) is 0 Å². The Morgan fingerprint density at radius 2 is 2.11 bits per heavy atom. The molecule has 2 N–H and O–H groups in total. The lowest BCUT2D eigenvalue weighted by molar-refractivity contribution is -0.127. The third-order valence-electron chi connectivity index (χ3n) is 2.98. The van der Waals surface area contributed by atoms with E-state index < -0.39 is 0 Å². The van der Waals surface area contributed by atoms with Crippen LogP contribution in [0.4, 0.5) is 0 Å². The number of likely N-dealkylation sites (N-methyl/N-ethyl adjacent to an activating group) is 1. The van der Waals surface area contributed by atoms with E-state index in [0.717, 1.165) is 0 Å². The summed E-state index contributed by atoms with van der Waals surface area (Å²) in [4.78, 5) is 17.3. The summed E-state index contributed by atoms with van der Waals surface area (Å²) >= 11 is 0. The molecule has 1 rings (SSSR count). The van der Waals surface area contributed by atoms with Gasteiger partial charge >= 0.3 is 0 Å². The van der Waals surface area contributed by atoms with Crippen LogP contribution in [0.25, 0.3) is 0 Å². The molecule has 0 radical (unpaired) electrons. The molecular formula is C13H24N4O. The normalized spacial score (nSPS) is 16.4. The lowest BCUT2D eigenvalue weighted by Crippen LogP contribution is -2.43. The molecule has 18 heavy (non-hydrogen) atoms. The standard InChI is InChI=1S/C13H24N4O/c1-4-9-14-13(15-10-12(18)17(2)3)16-11-7-5-6-8-11/h4,11H,1,5-10H2,2-3H3,(H2,14,15,16). The van der Waals surface area contributed by atoms with Crippen LogP contribution < -0.4 is 10.6 Å². The van der Waals surface area contributed by atoms with Crippen LogP contribution in [0.5, 0.6) is 0 Å². The highest BCUT2D eigenvalue weighted by Crippen LogP contribution is 2.17. The zero-order valence-electron chi connectivity index (χ0n) is 11.4. The van der Waals surface area contributed by atoms with Gasteiger partial charge in [0.25, 0.3) is 0 Å². The Morgan fingerprint density at radius 3 is 2.67 bits per heavy atom. The molecule has 0 heterocycles. The van der Waals surface area contributed by atoms with Gasteiger partial charge in [0.05, 0.1) is 0 Å². The molecule has 1 fully saturated rings. The van der Waals surface area contributed by atoms with Gasteiger partial charge in [-0.15, -0.1) is 6.58 Å². The summed E-state index contributed by atoms with van der Waals surface area (Å²) in [5.41, 5.74) is 0. The fourth-order valence-corrected chi connectivity index (χ4v) is 1.87. The topological polar surface area (TPSA) is 56.7 Å². The van der Waals surface area contributed by atoms with Crippen molar-refractivity contribution in [2.75, 3.05) is 27.2 Å². The third-order valence-corrected chi connectivity index (χ3v) is 2.98. The second kappa shape index (κ2) is 7.74. The Morgan fingerprint density at radius 1 is 1.44 bits per heavy atom. The largest absolute Gasteiger partial charge is 0.354 e. The predicted molar refractivity (Wildman–Crippen MR) is 74.6 cm³/mol. The minimum absolute atomic E-state index is 0.00104. The van der Waals surface area contributed by atoms with Crippen LogP contribution in [0.15, 0.2) is 17.6 Å². The molecule has 1 aliphatic carbocycles. The summed E-state index contributed by atoms with van der Waals surface area (Å²) in [6.07, 6.45) is 6.67. The molecule has 0 unspecified atom stereocenters. The van der Waals surface area contributed by atoms with Gasteiger partial charge in [-0.25, -0.2) is 4.99 Å². The molecule has 102 valence electrons. The van der Waals surface area contributed by atoms with Gasteiger partial charge in [-0.05, 0) is 12.8 Å². The monoisotopic (exact) mass is 252 g/mol. The third kappa shape index (κ3) is 5.21. The van der Waals surface area contributed by atoms with E-state index in [4.69, 9.17) is 0 Å². The maximum absolute atomic E-state index is 11.5. The van der Waals surface area contributed by atoms with Crippen LogP contribution in [-0.4, -0.2) is 50.0 Å². The summed E-state index contributed by atoms with van der Waals surface area (Å²) in [6, 6.07) is 0.482. The zero-order valence-corrected chi connectivity index (χ0v) is 11.4. The highest BCUT2D eigenvalue weighted by atomic mass is 16.2. The van der Waals surface area contributed by atoms with Gasteiger partial charge in [0.15, 0.2) is 5.96 Å². The maximum Gasteiger partial charge on any atom is 0.243 e. The second-order valence-electron chi connectivity index (χ2n) is 4.75. The molecular weight excluding hydrogens is 228 g/mol. The van der Waals surface area contributed by atoms with E-state index >= 15 is 0 Å². The first kappa shape index (κ1) is 14.5. The van der Waals surface area contributed by atoms with Crippen LogP contribution in [0.3, 0.4) is 0 Å².